The molecule has 0 aliphatic heterocycles. The van der Waals surface area contributed by atoms with Crippen molar-refractivity contribution in [2.24, 2.45) is 0 Å². The average molecular weight is 316 g/mol. The number of carbonyl (C=O) groups excluding carboxylic acids is 1. The van der Waals surface area contributed by atoms with Crippen molar-refractivity contribution in [3.8, 4) is 0 Å². The van der Waals surface area contributed by atoms with Gasteiger partial charge in [-0.2, -0.15) is 0 Å². The third kappa shape index (κ3) is 4.70. The molecule has 0 spiro atoms. The first-order valence-electron chi connectivity index (χ1n) is 4.74. The largest absolute Gasteiger partial charge is 0.288 e. The molecular weight excluding hydrogens is 306 g/mol. The number of hydrogen-bond acceptors (Lipinski definition) is 4. The van der Waals surface area contributed by atoms with Gasteiger partial charge in [0.05, 0.1) is 10.5 Å². The summed E-state index contributed by atoms with van der Waals surface area (Å²) in [7, 11) is 0. The molecule has 0 atom stereocenters. The van der Waals surface area contributed by atoms with E-state index in [9.17, 15) is 14.9 Å². The van der Waals surface area contributed by atoms with Crippen LogP contribution < -0.4 is 0 Å². The normalized spacial score (nSPS) is 10.7. The lowest BCUT2D eigenvalue weighted by molar-refractivity contribution is -0.385. The van der Waals surface area contributed by atoms with Crippen LogP contribution in [0.5, 0.6) is 0 Å². The van der Waals surface area contributed by atoms with Crippen LogP contribution in [0, 0.1) is 10.1 Å². The van der Waals surface area contributed by atoms with Gasteiger partial charge >= 0.3 is 0 Å². The van der Waals surface area contributed by atoms with Crippen molar-refractivity contribution in [3.05, 3.63) is 44.4 Å². The summed E-state index contributed by atoms with van der Waals surface area (Å²) in [4.78, 5) is 21.1. The van der Waals surface area contributed by atoms with Gasteiger partial charge < -0.3 is 0 Å². The fourth-order valence-electron chi connectivity index (χ4n) is 1.16. The predicted octanol–water partition coefficient (Wildman–Crippen LogP) is 3.65. The lowest BCUT2D eigenvalue weighted by Gasteiger charge is -1.98. The smallest absolute Gasteiger partial charge is 0.277 e. The average Bonchev–Trinajstić information content (AvgIpc) is 2.25. The number of nitro groups is 1. The number of rotatable bonds is 4. The SMILES string of the molecule is CC(=O)SCC=Cc1ccc(Br)cc1[N+](=O)[O-]. The summed E-state index contributed by atoms with van der Waals surface area (Å²) in [6, 6.07) is 4.86. The molecule has 0 aromatic heterocycles. The highest BCUT2D eigenvalue weighted by Gasteiger charge is 2.11. The van der Waals surface area contributed by atoms with Gasteiger partial charge in [0.15, 0.2) is 5.12 Å². The molecule has 1 aromatic carbocycles. The summed E-state index contributed by atoms with van der Waals surface area (Å²) >= 11 is 4.35. The summed E-state index contributed by atoms with van der Waals surface area (Å²) < 4.78 is 0.666. The van der Waals surface area contributed by atoms with Crippen LogP contribution in [0.4, 0.5) is 5.69 Å². The van der Waals surface area contributed by atoms with Gasteiger partial charge in [-0.15, -0.1) is 0 Å². The van der Waals surface area contributed by atoms with Crippen molar-refractivity contribution in [2.75, 3.05) is 5.75 Å². The van der Waals surface area contributed by atoms with Crippen molar-refractivity contribution in [1.82, 2.24) is 0 Å². The first-order chi connectivity index (χ1) is 8.00. The maximum Gasteiger partial charge on any atom is 0.277 e. The molecule has 0 saturated heterocycles. The second-order valence-electron chi connectivity index (χ2n) is 3.17. The van der Waals surface area contributed by atoms with Crippen LogP contribution in [0.1, 0.15) is 12.5 Å². The summed E-state index contributed by atoms with van der Waals surface area (Å²) in [5.74, 6) is 0.516. The Balaban J connectivity index is 2.83. The van der Waals surface area contributed by atoms with Gasteiger partial charge in [0.1, 0.15) is 0 Å². The molecule has 0 bridgehead atoms. The molecule has 0 aliphatic carbocycles. The Hall–Kier alpha value is -1.14. The molecular formula is C11H10BrNO3S. The fourth-order valence-corrected chi connectivity index (χ4v) is 1.93. The molecule has 0 fully saturated rings. The number of nitro benzene ring substituents is 1. The molecule has 0 unspecified atom stereocenters. The van der Waals surface area contributed by atoms with E-state index in [4.69, 9.17) is 0 Å². The van der Waals surface area contributed by atoms with Crippen molar-refractivity contribution in [1.29, 1.82) is 0 Å². The Bertz CT molecular complexity index is 474. The third-order valence-electron chi connectivity index (χ3n) is 1.87. The molecule has 0 heterocycles. The Morgan fingerprint density at radius 2 is 2.29 bits per heavy atom. The first kappa shape index (κ1) is 13.9. The molecule has 4 nitrogen and oxygen atoms in total. The van der Waals surface area contributed by atoms with Crippen molar-refractivity contribution >= 4 is 44.6 Å². The van der Waals surface area contributed by atoms with Crippen molar-refractivity contribution < 1.29 is 9.72 Å². The van der Waals surface area contributed by atoms with Crippen LogP contribution in [0.3, 0.4) is 0 Å². The number of carbonyl (C=O) groups is 1. The highest BCUT2D eigenvalue weighted by atomic mass is 79.9. The van der Waals surface area contributed by atoms with E-state index in [1.54, 1.807) is 24.3 Å². The number of benzene rings is 1. The van der Waals surface area contributed by atoms with E-state index in [1.807, 2.05) is 0 Å². The standard InChI is InChI=1S/C11H10BrNO3S/c1-8(14)17-6-2-3-9-4-5-10(12)7-11(9)13(15)16/h2-5,7H,6H2,1H3. The number of halogens is 1. The summed E-state index contributed by atoms with van der Waals surface area (Å²) in [5.41, 5.74) is 0.575. The Labute approximate surface area is 111 Å². The minimum Gasteiger partial charge on any atom is -0.288 e. The van der Waals surface area contributed by atoms with Gasteiger partial charge in [-0.25, -0.2) is 0 Å². The van der Waals surface area contributed by atoms with E-state index in [-0.39, 0.29) is 10.8 Å². The van der Waals surface area contributed by atoms with Crippen LogP contribution in [0.2, 0.25) is 0 Å². The Kier molecular flexibility index (Phi) is 5.37. The highest BCUT2D eigenvalue weighted by molar-refractivity contribution is 9.10. The summed E-state index contributed by atoms with van der Waals surface area (Å²) in [5, 5.41) is 10.8. The van der Waals surface area contributed by atoms with E-state index in [1.165, 1.54) is 13.0 Å². The van der Waals surface area contributed by atoms with Gasteiger partial charge in [0.2, 0.25) is 0 Å². The number of thioether (sulfide) groups is 1. The zero-order valence-corrected chi connectivity index (χ0v) is 11.5. The quantitative estimate of drug-likeness (QED) is 0.628. The molecule has 90 valence electrons. The predicted molar refractivity (Wildman–Crippen MR) is 73.0 cm³/mol. The van der Waals surface area contributed by atoms with Crippen LogP contribution in [-0.2, 0) is 4.79 Å². The molecule has 6 heteroatoms. The lowest BCUT2D eigenvalue weighted by Crippen LogP contribution is -1.91. The fraction of sp³-hybridized carbons (Fsp3) is 0.182. The second-order valence-corrected chi connectivity index (χ2v) is 5.28. The van der Waals surface area contributed by atoms with Crippen molar-refractivity contribution in [3.63, 3.8) is 0 Å². The number of nitrogens with zero attached hydrogens (tertiary/aromatic N) is 1. The first-order valence-corrected chi connectivity index (χ1v) is 6.52. The Morgan fingerprint density at radius 3 is 2.88 bits per heavy atom. The Morgan fingerprint density at radius 1 is 1.59 bits per heavy atom. The van der Waals surface area contributed by atoms with E-state index in [0.717, 1.165) is 11.8 Å². The van der Waals surface area contributed by atoms with Gasteiger partial charge in [-0.05, 0) is 12.1 Å². The summed E-state index contributed by atoms with van der Waals surface area (Å²) in [6.07, 6.45) is 3.39. The second kappa shape index (κ2) is 6.56. The zero-order chi connectivity index (χ0) is 12.8. The molecule has 0 aliphatic rings. The molecule has 1 rings (SSSR count). The van der Waals surface area contributed by atoms with Crippen LogP contribution >= 0.6 is 27.7 Å². The van der Waals surface area contributed by atoms with E-state index in [0.29, 0.717) is 15.8 Å². The molecule has 0 N–H and O–H groups in total. The summed E-state index contributed by atoms with van der Waals surface area (Å²) in [6.45, 7) is 1.49. The minimum atomic E-state index is -0.428. The van der Waals surface area contributed by atoms with Gasteiger partial charge in [0, 0.05) is 23.2 Å². The van der Waals surface area contributed by atoms with Gasteiger partial charge in [-0.3, -0.25) is 14.9 Å². The van der Waals surface area contributed by atoms with E-state index in [2.05, 4.69) is 15.9 Å². The van der Waals surface area contributed by atoms with Crippen molar-refractivity contribution in [2.45, 2.75) is 6.92 Å². The molecule has 0 amide bonds. The monoisotopic (exact) mass is 315 g/mol. The maximum atomic E-state index is 10.8. The van der Waals surface area contributed by atoms with Crippen LogP contribution in [0.15, 0.2) is 28.7 Å². The van der Waals surface area contributed by atoms with Crippen LogP contribution in [0.25, 0.3) is 6.08 Å². The third-order valence-corrected chi connectivity index (χ3v) is 3.13. The van der Waals surface area contributed by atoms with Gasteiger partial charge in [0.25, 0.3) is 5.69 Å². The highest BCUT2D eigenvalue weighted by Crippen LogP contribution is 2.24. The number of hydrogen-bond donors (Lipinski definition) is 0. The molecule has 0 radical (unpaired) electrons. The lowest BCUT2D eigenvalue weighted by atomic mass is 10.2. The topological polar surface area (TPSA) is 60.2 Å². The minimum absolute atomic E-state index is 0.0277. The molecule has 17 heavy (non-hydrogen) atoms. The van der Waals surface area contributed by atoms with E-state index < -0.39 is 4.92 Å². The zero-order valence-electron chi connectivity index (χ0n) is 9.05. The molecule has 0 saturated carbocycles. The maximum absolute atomic E-state index is 10.8. The van der Waals surface area contributed by atoms with Crippen LogP contribution in [-0.4, -0.2) is 15.8 Å². The molecule has 1 aromatic rings. The van der Waals surface area contributed by atoms with Gasteiger partial charge in [-0.1, -0.05) is 39.8 Å². The van der Waals surface area contributed by atoms with E-state index >= 15 is 0 Å².